The zero-order valence-corrected chi connectivity index (χ0v) is 13.3. The first-order valence-corrected chi connectivity index (χ1v) is 7.42. The van der Waals surface area contributed by atoms with Gasteiger partial charge in [-0.1, -0.05) is 53.5 Å². The average molecular weight is 336 g/mol. The zero-order chi connectivity index (χ0) is 15.9. The second kappa shape index (κ2) is 7.87. The van der Waals surface area contributed by atoms with Crippen LogP contribution in [0.5, 0.6) is 5.75 Å². The normalized spacial score (nSPS) is 10.1. The number of hydrogen-bond acceptors (Lipinski definition) is 2. The largest absolute Gasteiger partial charge is 0.481 e. The van der Waals surface area contributed by atoms with Crippen LogP contribution in [0.1, 0.15) is 0 Å². The molecular weight excluding hydrogens is 321 g/mol. The first-order chi connectivity index (χ1) is 10.6. The molecule has 2 aromatic rings. The molecule has 114 valence electrons. The highest BCUT2D eigenvalue weighted by atomic mass is 35.5. The third kappa shape index (κ3) is 4.03. The van der Waals surface area contributed by atoms with Gasteiger partial charge in [-0.2, -0.15) is 0 Å². The monoisotopic (exact) mass is 335 g/mol. The predicted molar refractivity (Wildman–Crippen MR) is 90.9 cm³/mol. The number of rotatable bonds is 6. The Hall–Kier alpha value is -1.97. The summed E-state index contributed by atoms with van der Waals surface area (Å²) >= 11 is 12.0. The number of carbonyl (C=O) groups is 1. The van der Waals surface area contributed by atoms with Crippen molar-refractivity contribution in [1.82, 2.24) is 0 Å². The molecule has 2 rings (SSSR count). The molecule has 0 atom stereocenters. The van der Waals surface area contributed by atoms with E-state index >= 15 is 0 Å². The van der Waals surface area contributed by atoms with Gasteiger partial charge < -0.3 is 9.64 Å². The lowest BCUT2D eigenvalue weighted by atomic mass is 10.3. The summed E-state index contributed by atoms with van der Waals surface area (Å²) in [5.74, 6) is 0.105. The van der Waals surface area contributed by atoms with Crippen molar-refractivity contribution in [2.45, 2.75) is 0 Å². The summed E-state index contributed by atoms with van der Waals surface area (Å²) in [6, 6.07) is 14.4. The Morgan fingerprint density at radius 1 is 1.09 bits per heavy atom. The van der Waals surface area contributed by atoms with E-state index in [1.54, 1.807) is 29.2 Å². The lowest BCUT2D eigenvalue weighted by Gasteiger charge is -2.21. The van der Waals surface area contributed by atoms with Gasteiger partial charge in [0.1, 0.15) is 0 Å². The molecule has 0 aromatic heterocycles. The van der Waals surface area contributed by atoms with Crippen LogP contribution in [-0.2, 0) is 4.79 Å². The maximum atomic E-state index is 12.4. The molecule has 0 aliphatic carbocycles. The number of benzene rings is 2. The maximum Gasteiger partial charge on any atom is 0.265 e. The Bertz CT molecular complexity index is 639. The predicted octanol–water partition coefficient (Wildman–Crippen LogP) is 4.59. The molecule has 0 fully saturated rings. The van der Waals surface area contributed by atoms with E-state index in [1.165, 1.54) is 0 Å². The topological polar surface area (TPSA) is 29.5 Å². The number of hydrogen-bond donors (Lipinski definition) is 0. The van der Waals surface area contributed by atoms with Crippen molar-refractivity contribution in [3.8, 4) is 5.75 Å². The Morgan fingerprint density at radius 2 is 1.73 bits per heavy atom. The number of halogens is 2. The highest BCUT2D eigenvalue weighted by Crippen LogP contribution is 2.32. The van der Waals surface area contributed by atoms with Crippen molar-refractivity contribution in [1.29, 1.82) is 0 Å². The molecule has 5 heteroatoms. The second-order valence-corrected chi connectivity index (χ2v) is 5.28. The fourth-order valence-electron chi connectivity index (χ4n) is 1.92. The van der Waals surface area contributed by atoms with Gasteiger partial charge in [0.15, 0.2) is 12.4 Å². The van der Waals surface area contributed by atoms with Crippen LogP contribution >= 0.6 is 23.2 Å². The van der Waals surface area contributed by atoms with Gasteiger partial charge >= 0.3 is 0 Å². The van der Waals surface area contributed by atoms with Crippen molar-refractivity contribution in [2.75, 3.05) is 18.1 Å². The van der Waals surface area contributed by atoms with Gasteiger partial charge in [0.2, 0.25) is 0 Å². The summed E-state index contributed by atoms with van der Waals surface area (Å²) in [6.07, 6.45) is 1.66. The number of para-hydroxylation sites is 2. The summed E-state index contributed by atoms with van der Waals surface area (Å²) in [5, 5.41) is 0.741. The van der Waals surface area contributed by atoms with E-state index in [0.717, 1.165) is 5.69 Å². The van der Waals surface area contributed by atoms with Gasteiger partial charge in [0.25, 0.3) is 5.91 Å². The molecule has 3 nitrogen and oxygen atoms in total. The fourth-order valence-corrected chi connectivity index (χ4v) is 2.43. The van der Waals surface area contributed by atoms with Gasteiger partial charge in [-0.05, 0) is 24.3 Å². The van der Waals surface area contributed by atoms with Crippen molar-refractivity contribution >= 4 is 34.8 Å². The minimum Gasteiger partial charge on any atom is -0.481 e. The molecular formula is C17H15Cl2NO2. The summed E-state index contributed by atoms with van der Waals surface area (Å²) in [5.41, 5.74) is 0.779. The minimum atomic E-state index is -0.206. The van der Waals surface area contributed by atoms with Crippen LogP contribution in [0.2, 0.25) is 10.0 Å². The van der Waals surface area contributed by atoms with E-state index in [2.05, 4.69) is 6.58 Å². The minimum absolute atomic E-state index is 0.161. The molecule has 0 bridgehead atoms. The number of nitrogens with zero attached hydrogens (tertiary/aromatic N) is 1. The van der Waals surface area contributed by atoms with Crippen LogP contribution in [0, 0.1) is 0 Å². The molecule has 2 aromatic carbocycles. The molecule has 0 saturated carbocycles. The average Bonchev–Trinajstić information content (AvgIpc) is 2.52. The smallest absolute Gasteiger partial charge is 0.265 e. The molecule has 0 aliphatic heterocycles. The van der Waals surface area contributed by atoms with Crippen LogP contribution in [0.3, 0.4) is 0 Å². The summed E-state index contributed by atoms with van der Waals surface area (Å²) in [6.45, 7) is 3.91. The van der Waals surface area contributed by atoms with Crippen LogP contribution in [0.4, 0.5) is 5.69 Å². The van der Waals surface area contributed by atoms with Gasteiger partial charge in [-0.3, -0.25) is 4.79 Å². The molecule has 0 heterocycles. The highest BCUT2D eigenvalue weighted by Gasteiger charge is 2.16. The van der Waals surface area contributed by atoms with Crippen molar-refractivity contribution < 1.29 is 9.53 Å². The fraction of sp³-hybridized carbons (Fsp3) is 0.118. The molecule has 0 saturated heterocycles. The van der Waals surface area contributed by atoms with Crippen LogP contribution in [-0.4, -0.2) is 19.1 Å². The van der Waals surface area contributed by atoms with Gasteiger partial charge in [0.05, 0.1) is 10.0 Å². The third-order valence-electron chi connectivity index (χ3n) is 2.94. The van der Waals surface area contributed by atoms with Gasteiger partial charge in [-0.25, -0.2) is 0 Å². The molecule has 0 aliphatic rings. The standard InChI is InChI=1S/C17H15Cl2NO2/c1-2-11-20(13-7-4-3-5-8-13)16(21)12-22-17-14(18)9-6-10-15(17)19/h2-10H,1,11-12H2. The van der Waals surface area contributed by atoms with Gasteiger partial charge in [0, 0.05) is 12.2 Å². The van der Waals surface area contributed by atoms with Crippen LogP contribution in [0.15, 0.2) is 61.2 Å². The summed E-state index contributed by atoms with van der Waals surface area (Å²) < 4.78 is 5.49. The molecule has 0 radical (unpaired) electrons. The van der Waals surface area contributed by atoms with Crippen LogP contribution < -0.4 is 9.64 Å². The molecule has 0 unspecified atom stereocenters. The number of anilines is 1. The van der Waals surface area contributed by atoms with E-state index in [4.69, 9.17) is 27.9 Å². The molecule has 22 heavy (non-hydrogen) atoms. The summed E-state index contributed by atoms with van der Waals surface area (Å²) in [4.78, 5) is 14.0. The molecule has 0 spiro atoms. The second-order valence-electron chi connectivity index (χ2n) is 4.47. The van der Waals surface area contributed by atoms with E-state index in [0.29, 0.717) is 22.3 Å². The lowest BCUT2D eigenvalue weighted by Crippen LogP contribution is -2.35. The Morgan fingerprint density at radius 3 is 2.32 bits per heavy atom. The Labute approximate surface area is 139 Å². The first-order valence-electron chi connectivity index (χ1n) is 6.66. The first kappa shape index (κ1) is 16.4. The molecule has 1 amide bonds. The van der Waals surface area contributed by atoms with E-state index in [1.807, 2.05) is 30.3 Å². The summed E-state index contributed by atoms with van der Waals surface area (Å²) in [7, 11) is 0. The van der Waals surface area contributed by atoms with E-state index < -0.39 is 0 Å². The van der Waals surface area contributed by atoms with Crippen LogP contribution in [0.25, 0.3) is 0 Å². The number of carbonyl (C=O) groups excluding carboxylic acids is 1. The zero-order valence-electron chi connectivity index (χ0n) is 11.8. The van der Waals surface area contributed by atoms with Gasteiger partial charge in [-0.15, -0.1) is 6.58 Å². The SMILES string of the molecule is C=CCN(C(=O)COc1c(Cl)cccc1Cl)c1ccccc1. The van der Waals surface area contributed by atoms with Crippen molar-refractivity contribution in [3.05, 3.63) is 71.2 Å². The van der Waals surface area contributed by atoms with E-state index in [9.17, 15) is 4.79 Å². The quantitative estimate of drug-likeness (QED) is 0.722. The Balaban J connectivity index is 2.11. The number of amides is 1. The maximum absolute atomic E-state index is 12.4. The third-order valence-corrected chi connectivity index (χ3v) is 3.53. The lowest BCUT2D eigenvalue weighted by molar-refractivity contribution is -0.120. The molecule has 0 N–H and O–H groups in total. The number of ether oxygens (including phenoxy) is 1. The highest BCUT2D eigenvalue weighted by molar-refractivity contribution is 6.37. The van der Waals surface area contributed by atoms with Crippen molar-refractivity contribution in [3.63, 3.8) is 0 Å². The van der Waals surface area contributed by atoms with E-state index in [-0.39, 0.29) is 12.5 Å². The van der Waals surface area contributed by atoms with Crippen molar-refractivity contribution in [2.24, 2.45) is 0 Å². The Kier molecular flexibility index (Phi) is 5.87.